The quantitative estimate of drug-likeness (QED) is 0.338. The molecule has 1 amide bonds. The number of aromatic nitrogens is 5. The van der Waals surface area contributed by atoms with Gasteiger partial charge in [0.15, 0.2) is 17.2 Å². The highest BCUT2D eigenvalue weighted by molar-refractivity contribution is 5.90. The summed E-state index contributed by atoms with van der Waals surface area (Å²) in [5, 5.41) is 31.2. The maximum absolute atomic E-state index is 12.3. The fourth-order valence-corrected chi connectivity index (χ4v) is 5.84. The summed E-state index contributed by atoms with van der Waals surface area (Å²) in [6.07, 6.45) is 5.11. The summed E-state index contributed by atoms with van der Waals surface area (Å²) in [4.78, 5) is 25.4. The summed E-state index contributed by atoms with van der Waals surface area (Å²) in [6.45, 7) is 11.5. The molecular weight excluding hydrogens is 546 g/mol. The number of fused-ring (bicyclic) bond motifs is 2. The van der Waals surface area contributed by atoms with E-state index < -0.39 is 5.60 Å². The van der Waals surface area contributed by atoms with E-state index in [-0.39, 0.29) is 12.1 Å². The molecule has 1 aromatic carbocycles. The first kappa shape index (κ1) is 28.2. The van der Waals surface area contributed by atoms with E-state index >= 15 is 0 Å². The Hall–Kier alpha value is -4.88. The normalized spacial score (nSPS) is 16.6. The van der Waals surface area contributed by atoms with Crippen LogP contribution in [0.5, 0.6) is 0 Å². The van der Waals surface area contributed by atoms with Crippen LogP contribution in [0, 0.1) is 22.7 Å². The van der Waals surface area contributed by atoms with E-state index in [4.69, 9.17) is 4.74 Å². The Balaban J connectivity index is 1.16. The molecule has 4 aromatic rings. The molecule has 0 saturated carbocycles. The molecule has 2 aliphatic heterocycles. The van der Waals surface area contributed by atoms with Gasteiger partial charge in [-0.2, -0.15) is 20.0 Å². The minimum Gasteiger partial charge on any atom is -0.444 e. The number of nitrogens with one attached hydrogen (secondary N) is 2. The van der Waals surface area contributed by atoms with Crippen molar-refractivity contribution in [3.05, 3.63) is 41.9 Å². The lowest BCUT2D eigenvalue weighted by Crippen LogP contribution is -2.62. The fraction of sp³-hybridized carbons (Fsp3) is 0.467. The Morgan fingerprint density at radius 1 is 1.14 bits per heavy atom. The molecule has 2 aliphatic rings. The number of rotatable bonds is 6. The molecular formula is C30H35N11O2. The Labute approximate surface area is 249 Å². The smallest absolute Gasteiger partial charge is 0.410 e. The number of anilines is 3. The third-order valence-electron chi connectivity index (χ3n) is 7.95. The van der Waals surface area contributed by atoms with E-state index in [1.165, 1.54) is 10.7 Å². The van der Waals surface area contributed by atoms with Crippen LogP contribution in [-0.4, -0.2) is 84.4 Å². The largest absolute Gasteiger partial charge is 0.444 e. The molecule has 3 aromatic heterocycles. The molecule has 0 radical (unpaired) electrons. The zero-order valence-electron chi connectivity index (χ0n) is 24.8. The topological polar surface area (TPSA) is 152 Å². The Kier molecular flexibility index (Phi) is 7.28. The number of benzene rings is 1. The summed E-state index contributed by atoms with van der Waals surface area (Å²) >= 11 is 0. The number of hydrogen-bond donors (Lipinski definition) is 2. The number of amides is 1. The molecule has 2 saturated heterocycles. The second kappa shape index (κ2) is 11.1. The standard InChI is InChI=1S/C30H35N11O2/c1-5-33-26-27-34-15-22(14-32)41(27)37-28(36-26)35-20-6-7-25-24(12-20)19(13-31)16-40(25)21-8-10-38(11-9-21)23-17-39(18-23)29(42)43-30(2,3)4/h6-7,12,15-16,21,23H,5,8-11,17-18H2,1-4H3,(H2,33,35,36,37). The van der Waals surface area contributed by atoms with Gasteiger partial charge in [-0.1, -0.05) is 0 Å². The molecule has 5 heterocycles. The van der Waals surface area contributed by atoms with Gasteiger partial charge in [-0.05, 0) is 58.7 Å². The van der Waals surface area contributed by atoms with Crippen molar-refractivity contribution in [2.75, 3.05) is 43.4 Å². The average Bonchev–Trinajstić information content (AvgIpc) is 3.53. The van der Waals surface area contributed by atoms with Crippen LogP contribution in [0.2, 0.25) is 0 Å². The van der Waals surface area contributed by atoms with Crippen molar-refractivity contribution in [1.82, 2.24) is 33.9 Å². The highest BCUT2D eigenvalue weighted by atomic mass is 16.6. The Bertz CT molecular complexity index is 1760. The number of ether oxygens (including phenoxy) is 1. The van der Waals surface area contributed by atoms with Gasteiger partial charge in [0.25, 0.3) is 0 Å². The fourth-order valence-electron chi connectivity index (χ4n) is 5.84. The number of imidazole rings is 1. The summed E-state index contributed by atoms with van der Waals surface area (Å²) in [5.41, 5.74) is 2.65. The van der Waals surface area contributed by atoms with Crippen LogP contribution in [0.3, 0.4) is 0 Å². The first-order chi connectivity index (χ1) is 20.7. The van der Waals surface area contributed by atoms with Gasteiger partial charge in [0, 0.05) is 67.6 Å². The molecule has 222 valence electrons. The molecule has 13 heteroatoms. The van der Waals surface area contributed by atoms with Crippen molar-refractivity contribution >= 4 is 40.1 Å². The first-order valence-corrected chi connectivity index (χ1v) is 14.6. The van der Waals surface area contributed by atoms with Crippen molar-refractivity contribution < 1.29 is 9.53 Å². The van der Waals surface area contributed by atoms with E-state index in [0.29, 0.717) is 54.3 Å². The van der Waals surface area contributed by atoms with E-state index in [1.54, 1.807) is 4.90 Å². The van der Waals surface area contributed by atoms with Gasteiger partial charge in [-0.3, -0.25) is 4.90 Å². The summed E-state index contributed by atoms with van der Waals surface area (Å²) in [6, 6.07) is 11.0. The molecule has 2 N–H and O–H groups in total. The lowest BCUT2D eigenvalue weighted by atomic mass is 9.99. The number of nitriles is 2. The zero-order valence-corrected chi connectivity index (χ0v) is 24.8. The third-order valence-corrected chi connectivity index (χ3v) is 7.95. The van der Waals surface area contributed by atoms with E-state index in [1.807, 2.05) is 52.1 Å². The number of carbonyl (C=O) groups excluding carboxylic acids is 1. The first-order valence-electron chi connectivity index (χ1n) is 14.6. The summed E-state index contributed by atoms with van der Waals surface area (Å²) < 4.78 is 9.20. The van der Waals surface area contributed by atoms with Gasteiger partial charge >= 0.3 is 6.09 Å². The van der Waals surface area contributed by atoms with Gasteiger partial charge in [0.2, 0.25) is 5.95 Å². The average molecular weight is 582 g/mol. The lowest BCUT2D eigenvalue weighted by molar-refractivity contribution is -0.0210. The zero-order chi connectivity index (χ0) is 30.3. The van der Waals surface area contributed by atoms with Gasteiger partial charge in [-0.15, -0.1) is 5.10 Å². The summed E-state index contributed by atoms with van der Waals surface area (Å²) in [7, 11) is 0. The predicted molar refractivity (Wildman–Crippen MR) is 161 cm³/mol. The second-order valence-electron chi connectivity index (χ2n) is 12.0. The maximum atomic E-state index is 12.3. The number of carbonyl (C=O) groups is 1. The van der Waals surface area contributed by atoms with E-state index in [0.717, 1.165) is 42.5 Å². The van der Waals surface area contributed by atoms with Crippen molar-refractivity contribution in [2.24, 2.45) is 0 Å². The highest BCUT2D eigenvalue weighted by Crippen LogP contribution is 2.33. The van der Waals surface area contributed by atoms with Crippen LogP contribution in [0.25, 0.3) is 16.6 Å². The monoisotopic (exact) mass is 581 g/mol. The van der Waals surface area contributed by atoms with Crippen molar-refractivity contribution in [2.45, 2.75) is 58.2 Å². The molecule has 6 rings (SSSR count). The predicted octanol–water partition coefficient (Wildman–Crippen LogP) is 4.25. The Morgan fingerprint density at radius 3 is 2.58 bits per heavy atom. The van der Waals surface area contributed by atoms with Crippen molar-refractivity contribution in [1.29, 1.82) is 10.5 Å². The molecule has 0 unspecified atom stereocenters. The molecule has 0 bridgehead atoms. The molecule has 0 spiro atoms. The van der Waals surface area contributed by atoms with Crippen LogP contribution in [0.4, 0.5) is 22.2 Å². The van der Waals surface area contributed by atoms with Crippen LogP contribution >= 0.6 is 0 Å². The minimum absolute atomic E-state index is 0.242. The number of likely N-dealkylation sites (tertiary alicyclic amines) is 2. The molecule has 13 nitrogen and oxygen atoms in total. The molecule has 43 heavy (non-hydrogen) atoms. The van der Waals surface area contributed by atoms with Crippen LogP contribution in [0.1, 0.15) is 57.8 Å². The Morgan fingerprint density at radius 2 is 1.91 bits per heavy atom. The van der Waals surface area contributed by atoms with Gasteiger partial charge < -0.3 is 24.8 Å². The minimum atomic E-state index is -0.487. The number of piperidine rings is 1. The number of nitrogens with zero attached hydrogens (tertiary/aromatic N) is 9. The molecule has 0 atom stereocenters. The SMILES string of the molecule is CCNc1nc(Nc2ccc3c(c2)c(C#N)cn3C2CCN(C3CN(C(=O)OC(C)(C)C)C3)CC2)nn2c(C#N)cnc12. The van der Waals surface area contributed by atoms with Crippen molar-refractivity contribution in [3.8, 4) is 12.1 Å². The van der Waals surface area contributed by atoms with Crippen LogP contribution < -0.4 is 10.6 Å². The van der Waals surface area contributed by atoms with Gasteiger partial charge in [-0.25, -0.2) is 9.78 Å². The van der Waals surface area contributed by atoms with Gasteiger partial charge in [0.1, 0.15) is 17.7 Å². The van der Waals surface area contributed by atoms with Crippen LogP contribution in [-0.2, 0) is 4.74 Å². The maximum Gasteiger partial charge on any atom is 0.410 e. The molecule has 0 aliphatic carbocycles. The lowest BCUT2D eigenvalue weighted by Gasteiger charge is -2.47. The van der Waals surface area contributed by atoms with Crippen LogP contribution in [0.15, 0.2) is 30.6 Å². The van der Waals surface area contributed by atoms with Crippen molar-refractivity contribution in [3.63, 3.8) is 0 Å². The summed E-state index contributed by atoms with van der Waals surface area (Å²) in [5.74, 6) is 0.834. The second-order valence-corrected chi connectivity index (χ2v) is 12.0. The number of hydrogen-bond acceptors (Lipinski definition) is 10. The highest BCUT2D eigenvalue weighted by Gasteiger charge is 2.38. The van der Waals surface area contributed by atoms with E-state index in [2.05, 4.69) is 47.3 Å². The molecule has 2 fully saturated rings. The third kappa shape index (κ3) is 5.51. The van der Waals surface area contributed by atoms with E-state index in [9.17, 15) is 15.3 Å². The van der Waals surface area contributed by atoms with Gasteiger partial charge in [0.05, 0.1) is 11.8 Å².